The number of ketones is 1. The third-order valence-electron chi connectivity index (χ3n) is 4.68. The lowest BCUT2D eigenvalue weighted by atomic mass is 9.93. The smallest absolute Gasteiger partial charge is 0.193 e. The molecule has 0 aliphatic rings. The highest BCUT2D eigenvalue weighted by Crippen LogP contribution is 2.34. The molecule has 4 aromatic rings. The van der Waals surface area contributed by atoms with E-state index in [2.05, 4.69) is 10.2 Å². The van der Waals surface area contributed by atoms with Gasteiger partial charge in [0, 0.05) is 16.7 Å². The molecule has 3 heteroatoms. The van der Waals surface area contributed by atoms with Gasteiger partial charge in [-0.3, -0.25) is 4.79 Å². The summed E-state index contributed by atoms with van der Waals surface area (Å²) in [5.41, 5.74) is 5.63. The summed E-state index contributed by atoms with van der Waals surface area (Å²) in [5.74, 6) is -0.000832. The van der Waals surface area contributed by atoms with E-state index < -0.39 is 0 Å². The number of nitrogens with zero attached hydrogens (tertiary/aromatic N) is 2. The van der Waals surface area contributed by atoms with E-state index in [9.17, 15) is 4.79 Å². The van der Waals surface area contributed by atoms with Crippen molar-refractivity contribution in [3.8, 4) is 11.1 Å². The molecule has 4 aromatic carbocycles. The largest absolute Gasteiger partial charge is 0.289 e. The predicted molar refractivity (Wildman–Crippen MR) is 117 cm³/mol. The third kappa shape index (κ3) is 4.19. The summed E-state index contributed by atoms with van der Waals surface area (Å²) in [6.07, 6.45) is 0. The molecule has 3 nitrogen and oxygen atoms in total. The zero-order valence-electron chi connectivity index (χ0n) is 16.1. The van der Waals surface area contributed by atoms with E-state index in [4.69, 9.17) is 0 Å². The number of aryl methyl sites for hydroxylation is 1. The number of azo groups is 1. The van der Waals surface area contributed by atoms with Gasteiger partial charge >= 0.3 is 0 Å². The zero-order valence-corrected chi connectivity index (χ0v) is 16.1. The maximum atomic E-state index is 13.2. The predicted octanol–water partition coefficient (Wildman–Crippen LogP) is 7.31. The molecule has 0 radical (unpaired) electrons. The van der Waals surface area contributed by atoms with Crippen molar-refractivity contribution in [1.82, 2.24) is 0 Å². The van der Waals surface area contributed by atoms with Crippen molar-refractivity contribution < 1.29 is 4.79 Å². The van der Waals surface area contributed by atoms with Crippen molar-refractivity contribution in [3.63, 3.8) is 0 Å². The van der Waals surface area contributed by atoms with Gasteiger partial charge in [0.05, 0.1) is 11.4 Å². The lowest BCUT2D eigenvalue weighted by Crippen LogP contribution is -2.03. The Balaban J connectivity index is 1.77. The maximum absolute atomic E-state index is 13.2. The van der Waals surface area contributed by atoms with Crippen molar-refractivity contribution in [2.24, 2.45) is 10.2 Å². The molecule has 0 aliphatic heterocycles. The maximum Gasteiger partial charge on any atom is 0.193 e. The average molecular weight is 376 g/mol. The molecule has 4 rings (SSSR count). The van der Waals surface area contributed by atoms with E-state index in [0.717, 1.165) is 28.1 Å². The minimum atomic E-state index is -0.000832. The van der Waals surface area contributed by atoms with Crippen LogP contribution in [0.3, 0.4) is 0 Å². The van der Waals surface area contributed by atoms with Crippen molar-refractivity contribution in [2.45, 2.75) is 6.92 Å². The van der Waals surface area contributed by atoms with E-state index >= 15 is 0 Å². The molecule has 0 atom stereocenters. The molecule has 0 saturated carbocycles. The highest BCUT2D eigenvalue weighted by atomic mass is 16.1. The van der Waals surface area contributed by atoms with E-state index in [1.54, 1.807) is 0 Å². The van der Waals surface area contributed by atoms with Gasteiger partial charge in [-0.1, -0.05) is 84.4 Å². The Labute approximate surface area is 170 Å². The van der Waals surface area contributed by atoms with Gasteiger partial charge in [-0.25, -0.2) is 0 Å². The summed E-state index contributed by atoms with van der Waals surface area (Å²) in [4.78, 5) is 13.2. The molecule has 0 heterocycles. The van der Waals surface area contributed by atoms with Crippen molar-refractivity contribution in [3.05, 3.63) is 120 Å². The Morgan fingerprint density at radius 1 is 0.655 bits per heavy atom. The number of hydrogen-bond acceptors (Lipinski definition) is 3. The second kappa shape index (κ2) is 8.44. The van der Waals surface area contributed by atoms with E-state index in [-0.39, 0.29) is 5.78 Å². The van der Waals surface area contributed by atoms with Crippen molar-refractivity contribution in [2.75, 3.05) is 0 Å². The number of carbonyl (C=O) groups excluding carboxylic acids is 1. The van der Waals surface area contributed by atoms with Gasteiger partial charge in [0.25, 0.3) is 0 Å². The number of rotatable bonds is 5. The summed E-state index contributed by atoms with van der Waals surface area (Å²) in [6, 6.07) is 32.7. The summed E-state index contributed by atoms with van der Waals surface area (Å²) < 4.78 is 0. The average Bonchev–Trinajstić information content (AvgIpc) is 2.78. The van der Waals surface area contributed by atoms with Gasteiger partial charge in [-0.2, -0.15) is 5.11 Å². The van der Waals surface area contributed by atoms with Crippen molar-refractivity contribution >= 4 is 17.2 Å². The minimum Gasteiger partial charge on any atom is -0.289 e. The van der Waals surface area contributed by atoms with Gasteiger partial charge < -0.3 is 0 Å². The molecule has 0 aliphatic carbocycles. The molecule has 140 valence electrons. The quantitative estimate of drug-likeness (QED) is 0.266. The van der Waals surface area contributed by atoms with Crippen LogP contribution in [0.15, 0.2) is 113 Å². The molecule has 0 bridgehead atoms. The summed E-state index contributed by atoms with van der Waals surface area (Å²) in [5, 5.41) is 8.80. The van der Waals surface area contributed by atoms with Crippen molar-refractivity contribution in [1.29, 1.82) is 0 Å². The first-order chi connectivity index (χ1) is 14.2. The first-order valence-corrected chi connectivity index (χ1v) is 9.49. The second-order valence-electron chi connectivity index (χ2n) is 6.80. The molecule has 0 saturated heterocycles. The van der Waals surface area contributed by atoms with Crippen LogP contribution < -0.4 is 0 Å². The van der Waals surface area contributed by atoms with Crippen LogP contribution >= 0.6 is 0 Å². The van der Waals surface area contributed by atoms with Gasteiger partial charge in [0.1, 0.15) is 0 Å². The summed E-state index contributed by atoms with van der Waals surface area (Å²) >= 11 is 0. The van der Waals surface area contributed by atoms with Crippen LogP contribution in [0.4, 0.5) is 11.4 Å². The molecular weight excluding hydrogens is 356 g/mol. The minimum absolute atomic E-state index is 0.000832. The monoisotopic (exact) mass is 376 g/mol. The second-order valence-corrected chi connectivity index (χ2v) is 6.80. The molecular formula is C26H20N2O. The van der Waals surface area contributed by atoms with E-state index in [1.807, 2.05) is 110 Å². The Morgan fingerprint density at radius 3 is 2.14 bits per heavy atom. The fraction of sp³-hybridized carbons (Fsp3) is 0.0385. The zero-order chi connectivity index (χ0) is 20.1. The summed E-state index contributed by atoms with van der Waals surface area (Å²) in [6.45, 7) is 1.99. The fourth-order valence-corrected chi connectivity index (χ4v) is 3.25. The van der Waals surface area contributed by atoms with Crippen LogP contribution in [0.25, 0.3) is 11.1 Å². The van der Waals surface area contributed by atoms with Crippen LogP contribution in [0.5, 0.6) is 0 Å². The SMILES string of the molecule is Cc1cccc(C(=O)c2ccccc2-c2ccccc2N=Nc2ccccc2)c1. The number of hydrogen-bond donors (Lipinski definition) is 0. The van der Waals surface area contributed by atoms with E-state index in [0.29, 0.717) is 11.1 Å². The lowest BCUT2D eigenvalue weighted by Gasteiger charge is -2.11. The highest BCUT2D eigenvalue weighted by Gasteiger charge is 2.16. The summed E-state index contributed by atoms with van der Waals surface area (Å²) in [7, 11) is 0. The Kier molecular flexibility index (Phi) is 5.39. The fourth-order valence-electron chi connectivity index (χ4n) is 3.25. The Hall–Kier alpha value is -3.85. The molecule has 0 fully saturated rings. The highest BCUT2D eigenvalue weighted by molar-refractivity contribution is 6.13. The first-order valence-electron chi connectivity index (χ1n) is 9.49. The molecule has 29 heavy (non-hydrogen) atoms. The van der Waals surface area contributed by atoms with Gasteiger partial charge in [0.15, 0.2) is 5.78 Å². The van der Waals surface area contributed by atoms with Crippen LogP contribution in [0.2, 0.25) is 0 Å². The Morgan fingerprint density at radius 2 is 1.34 bits per heavy atom. The van der Waals surface area contributed by atoms with Crippen LogP contribution in [0, 0.1) is 6.92 Å². The normalized spacial score (nSPS) is 10.9. The van der Waals surface area contributed by atoms with Crippen LogP contribution in [-0.4, -0.2) is 5.78 Å². The van der Waals surface area contributed by atoms with Crippen LogP contribution in [0.1, 0.15) is 21.5 Å². The van der Waals surface area contributed by atoms with Crippen LogP contribution in [-0.2, 0) is 0 Å². The lowest BCUT2D eigenvalue weighted by molar-refractivity contribution is 0.103. The standard InChI is InChI=1S/C26H20N2O/c1-19-10-9-11-20(18-19)26(29)24-16-6-5-14-22(24)23-15-7-8-17-25(23)28-27-21-12-3-2-4-13-21/h2-18H,1H3. The van der Waals surface area contributed by atoms with Gasteiger partial charge in [-0.05, 0) is 36.8 Å². The number of carbonyl (C=O) groups is 1. The third-order valence-corrected chi connectivity index (χ3v) is 4.68. The molecule has 0 amide bonds. The first kappa shape index (κ1) is 18.5. The molecule has 0 aromatic heterocycles. The Bertz CT molecular complexity index is 1180. The molecule has 0 unspecified atom stereocenters. The number of benzene rings is 4. The van der Waals surface area contributed by atoms with Gasteiger partial charge in [-0.15, -0.1) is 5.11 Å². The topological polar surface area (TPSA) is 41.8 Å². The van der Waals surface area contributed by atoms with Gasteiger partial charge in [0.2, 0.25) is 0 Å². The van der Waals surface area contributed by atoms with E-state index in [1.165, 1.54) is 0 Å². The molecule has 0 spiro atoms. The molecule has 0 N–H and O–H groups in total.